The van der Waals surface area contributed by atoms with Crippen molar-refractivity contribution in [3.63, 3.8) is 0 Å². The van der Waals surface area contributed by atoms with Gasteiger partial charge in [-0.15, -0.1) is 5.10 Å². The first kappa shape index (κ1) is 12.7. The van der Waals surface area contributed by atoms with Gasteiger partial charge in [-0.1, -0.05) is 12.2 Å². The molecule has 7 nitrogen and oxygen atoms in total. The summed E-state index contributed by atoms with van der Waals surface area (Å²) in [7, 11) is 0. The van der Waals surface area contributed by atoms with E-state index >= 15 is 0 Å². The fourth-order valence-electron chi connectivity index (χ4n) is 4.08. The maximum absolute atomic E-state index is 12.7. The monoisotopic (exact) mass is 307 g/mol. The van der Waals surface area contributed by atoms with Crippen LogP contribution in [-0.2, 0) is 9.59 Å². The van der Waals surface area contributed by atoms with Crippen LogP contribution in [0.15, 0.2) is 36.7 Å². The minimum absolute atomic E-state index is 0.132. The highest BCUT2D eigenvalue weighted by Crippen LogP contribution is 2.52. The van der Waals surface area contributed by atoms with E-state index in [2.05, 4.69) is 32.3 Å². The predicted molar refractivity (Wildman–Crippen MR) is 79.8 cm³/mol. The molecule has 3 aliphatic rings. The Morgan fingerprint density at radius 2 is 1.87 bits per heavy atom. The molecule has 1 saturated carbocycles. The van der Waals surface area contributed by atoms with Crippen LogP contribution < -0.4 is 4.90 Å². The molecular formula is C16H13N5O2. The average molecular weight is 307 g/mol. The number of aromatic nitrogens is 4. The summed E-state index contributed by atoms with van der Waals surface area (Å²) in [6.45, 7) is 0. The molecule has 2 fully saturated rings. The van der Waals surface area contributed by atoms with Crippen molar-refractivity contribution < 1.29 is 9.59 Å². The summed E-state index contributed by atoms with van der Waals surface area (Å²) in [6.07, 6.45) is 8.36. The van der Waals surface area contributed by atoms with E-state index in [1.807, 2.05) is 6.07 Å². The number of carbonyl (C=O) groups excluding carboxylic acids is 2. The van der Waals surface area contributed by atoms with Crippen molar-refractivity contribution in [3.05, 3.63) is 36.7 Å². The number of H-pyrrole nitrogens is 1. The van der Waals surface area contributed by atoms with Crippen LogP contribution >= 0.6 is 0 Å². The van der Waals surface area contributed by atoms with Gasteiger partial charge >= 0.3 is 0 Å². The predicted octanol–water partition coefficient (Wildman–Crippen LogP) is 1.18. The number of hydrogen-bond acceptors (Lipinski definition) is 5. The van der Waals surface area contributed by atoms with Gasteiger partial charge in [-0.05, 0) is 30.4 Å². The summed E-state index contributed by atoms with van der Waals surface area (Å²) >= 11 is 0. The minimum atomic E-state index is -0.238. The van der Waals surface area contributed by atoms with E-state index in [-0.39, 0.29) is 41.4 Å². The van der Waals surface area contributed by atoms with Gasteiger partial charge in [0, 0.05) is 18.0 Å². The number of carbonyl (C=O) groups is 2. The van der Waals surface area contributed by atoms with E-state index in [9.17, 15) is 9.59 Å². The Hall–Kier alpha value is -2.83. The Kier molecular flexibility index (Phi) is 2.40. The van der Waals surface area contributed by atoms with Crippen molar-refractivity contribution in [1.82, 2.24) is 20.2 Å². The molecule has 23 heavy (non-hydrogen) atoms. The average Bonchev–Trinajstić information content (AvgIpc) is 3.33. The summed E-state index contributed by atoms with van der Waals surface area (Å²) in [4.78, 5) is 34.9. The van der Waals surface area contributed by atoms with E-state index in [4.69, 9.17) is 0 Å². The largest absolute Gasteiger partial charge is 0.274 e. The maximum Gasteiger partial charge on any atom is 0.258 e. The molecule has 2 amide bonds. The molecule has 0 radical (unpaired) electrons. The molecule has 2 aromatic rings. The van der Waals surface area contributed by atoms with Gasteiger partial charge in [0.1, 0.15) is 0 Å². The van der Waals surface area contributed by atoms with Gasteiger partial charge in [-0.25, -0.2) is 4.90 Å². The standard InChI is InChI=1S/C16H13N5O2/c22-14-11-8-3-4-9(6-8)12(11)15(23)21(14)16-18-13(19-20-16)10-2-1-5-17-7-10/h1-5,7-9,11-12H,6H2,(H,18,19,20)/t8-,9+,11+,12-. The highest BCUT2D eigenvalue weighted by Gasteiger charge is 2.60. The quantitative estimate of drug-likeness (QED) is 0.664. The molecular weight excluding hydrogens is 294 g/mol. The van der Waals surface area contributed by atoms with E-state index in [0.29, 0.717) is 5.82 Å². The Labute approximate surface area is 131 Å². The van der Waals surface area contributed by atoms with E-state index in [1.165, 1.54) is 0 Å². The molecule has 3 heterocycles. The number of imide groups is 1. The number of aromatic amines is 1. The number of allylic oxidation sites excluding steroid dienone is 2. The van der Waals surface area contributed by atoms with Crippen LogP contribution in [0.2, 0.25) is 0 Å². The number of hydrogen-bond donors (Lipinski definition) is 1. The third-order valence-electron chi connectivity index (χ3n) is 5.08. The first-order valence-corrected chi connectivity index (χ1v) is 7.63. The third-order valence-corrected chi connectivity index (χ3v) is 5.08. The summed E-state index contributed by atoms with van der Waals surface area (Å²) < 4.78 is 0. The lowest BCUT2D eigenvalue weighted by atomic mass is 9.85. The van der Waals surface area contributed by atoms with Crippen molar-refractivity contribution in [2.75, 3.05) is 4.90 Å². The Bertz CT molecular complexity index is 813. The van der Waals surface area contributed by atoms with Gasteiger partial charge in [0.2, 0.25) is 11.8 Å². The lowest BCUT2D eigenvalue weighted by Gasteiger charge is -2.14. The van der Waals surface area contributed by atoms with Gasteiger partial charge < -0.3 is 0 Å². The molecule has 0 aromatic carbocycles. The zero-order valence-corrected chi connectivity index (χ0v) is 12.1. The molecule has 2 bridgehead atoms. The molecule has 4 atom stereocenters. The van der Waals surface area contributed by atoms with Gasteiger partial charge in [-0.2, -0.15) is 4.98 Å². The number of rotatable bonds is 2. The Balaban J connectivity index is 1.51. The fraction of sp³-hybridized carbons (Fsp3) is 0.312. The molecule has 0 unspecified atom stereocenters. The third kappa shape index (κ3) is 1.61. The Morgan fingerprint density at radius 3 is 2.52 bits per heavy atom. The van der Waals surface area contributed by atoms with Crippen molar-refractivity contribution in [3.8, 4) is 11.4 Å². The topological polar surface area (TPSA) is 91.8 Å². The van der Waals surface area contributed by atoms with Crippen LogP contribution in [0.1, 0.15) is 6.42 Å². The Morgan fingerprint density at radius 1 is 1.13 bits per heavy atom. The van der Waals surface area contributed by atoms with Crippen molar-refractivity contribution in [2.24, 2.45) is 23.7 Å². The lowest BCUT2D eigenvalue weighted by molar-refractivity contribution is -0.123. The first-order valence-electron chi connectivity index (χ1n) is 7.63. The molecule has 5 rings (SSSR count). The molecule has 1 aliphatic heterocycles. The van der Waals surface area contributed by atoms with Gasteiger partial charge in [-0.3, -0.25) is 19.7 Å². The van der Waals surface area contributed by atoms with Crippen molar-refractivity contribution in [2.45, 2.75) is 6.42 Å². The fourth-order valence-corrected chi connectivity index (χ4v) is 4.08. The normalized spacial score (nSPS) is 31.2. The highest BCUT2D eigenvalue weighted by atomic mass is 16.2. The summed E-state index contributed by atoms with van der Waals surface area (Å²) in [5.74, 6) is 0.170. The summed E-state index contributed by atoms with van der Waals surface area (Å²) in [5.41, 5.74) is 0.757. The second kappa shape index (κ2) is 4.34. The van der Waals surface area contributed by atoms with Crippen LogP contribution in [0, 0.1) is 23.7 Å². The molecule has 2 aliphatic carbocycles. The molecule has 0 spiro atoms. The highest BCUT2D eigenvalue weighted by molar-refractivity contribution is 6.21. The smallest absolute Gasteiger partial charge is 0.258 e. The van der Waals surface area contributed by atoms with E-state index in [0.717, 1.165) is 16.9 Å². The number of nitrogens with zero attached hydrogens (tertiary/aromatic N) is 4. The second-order valence-corrected chi connectivity index (χ2v) is 6.24. The number of nitrogens with one attached hydrogen (secondary N) is 1. The number of anilines is 1. The number of pyridine rings is 1. The SMILES string of the molecule is O=C1[C@@H]2[C@H](C(=O)N1c1n[nH]c(-c3cccnc3)n1)[C@H]1C=C[C@@H]2C1. The zero-order valence-electron chi connectivity index (χ0n) is 12.1. The van der Waals surface area contributed by atoms with Crippen LogP contribution in [0.25, 0.3) is 11.4 Å². The van der Waals surface area contributed by atoms with Gasteiger partial charge in [0.05, 0.1) is 11.8 Å². The van der Waals surface area contributed by atoms with E-state index < -0.39 is 0 Å². The van der Waals surface area contributed by atoms with Gasteiger partial charge in [0.25, 0.3) is 5.95 Å². The maximum atomic E-state index is 12.7. The number of amides is 2. The van der Waals surface area contributed by atoms with E-state index in [1.54, 1.807) is 18.5 Å². The van der Waals surface area contributed by atoms with Crippen LogP contribution in [0.3, 0.4) is 0 Å². The molecule has 7 heteroatoms. The molecule has 1 saturated heterocycles. The first-order chi connectivity index (χ1) is 11.2. The second-order valence-electron chi connectivity index (χ2n) is 6.24. The van der Waals surface area contributed by atoms with Crippen LogP contribution in [0.5, 0.6) is 0 Å². The van der Waals surface area contributed by atoms with Crippen molar-refractivity contribution in [1.29, 1.82) is 0 Å². The lowest BCUT2D eigenvalue weighted by Crippen LogP contribution is -2.33. The minimum Gasteiger partial charge on any atom is -0.274 e. The van der Waals surface area contributed by atoms with Crippen LogP contribution in [-0.4, -0.2) is 32.0 Å². The van der Waals surface area contributed by atoms with Crippen LogP contribution in [0.4, 0.5) is 5.95 Å². The number of fused-ring (bicyclic) bond motifs is 5. The molecule has 1 N–H and O–H groups in total. The summed E-state index contributed by atoms with van der Waals surface area (Å²) in [6, 6.07) is 3.63. The van der Waals surface area contributed by atoms with Gasteiger partial charge in [0.15, 0.2) is 5.82 Å². The molecule has 114 valence electrons. The zero-order chi connectivity index (χ0) is 15.6. The summed E-state index contributed by atoms with van der Waals surface area (Å²) in [5, 5.41) is 6.85. The van der Waals surface area contributed by atoms with Crippen molar-refractivity contribution >= 4 is 17.8 Å². The molecule has 2 aromatic heterocycles.